The van der Waals surface area contributed by atoms with Gasteiger partial charge in [-0.15, -0.1) is 0 Å². The number of hydrogen-bond acceptors (Lipinski definition) is 5. The molecule has 5 rings (SSSR count). The molecule has 0 aliphatic heterocycles. The van der Waals surface area contributed by atoms with E-state index in [-0.39, 0.29) is 5.56 Å². The molecule has 0 bridgehead atoms. The van der Waals surface area contributed by atoms with Gasteiger partial charge in [0.1, 0.15) is 0 Å². The van der Waals surface area contributed by atoms with Gasteiger partial charge in [-0.3, -0.25) is 14.8 Å². The second-order valence-electron chi connectivity index (χ2n) is 7.12. The van der Waals surface area contributed by atoms with Gasteiger partial charge in [0.25, 0.3) is 0 Å². The van der Waals surface area contributed by atoms with Crippen molar-refractivity contribution in [3.05, 3.63) is 111 Å². The van der Waals surface area contributed by atoms with Crippen molar-refractivity contribution < 1.29 is 5.11 Å². The van der Waals surface area contributed by atoms with Crippen LogP contribution in [0.5, 0.6) is 0 Å². The molecule has 1 unspecified atom stereocenters. The maximum absolute atomic E-state index is 12.3. The lowest BCUT2D eigenvalue weighted by molar-refractivity contribution is 0.121. The molecule has 0 spiro atoms. The zero-order valence-electron chi connectivity index (χ0n) is 16.1. The summed E-state index contributed by atoms with van der Waals surface area (Å²) < 4.78 is 0.740. The number of nitrogens with one attached hydrogen (secondary N) is 2. The van der Waals surface area contributed by atoms with Crippen LogP contribution in [0.1, 0.15) is 16.8 Å². The first-order valence-electron chi connectivity index (χ1n) is 9.46. The lowest BCUT2D eigenvalue weighted by Gasteiger charge is -2.28. The average Bonchev–Trinajstić information content (AvgIpc) is 3.34. The summed E-state index contributed by atoms with van der Waals surface area (Å²) in [6, 6.07) is 12.5. The van der Waals surface area contributed by atoms with Gasteiger partial charge >= 0.3 is 0 Å². The molecule has 0 saturated heterocycles. The van der Waals surface area contributed by atoms with Crippen LogP contribution in [-0.4, -0.2) is 30.0 Å². The predicted molar refractivity (Wildman–Crippen MR) is 120 cm³/mol. The molecule has 4 aromatic heterocycles. The van der Waals surface area contributed by atoms with Gasteiger partial charge in [0.2, 0.25) is 5.56 Å². The van der Waals surface area contributed by atoms with E-state index in [1.165, 1.54) is 6.33 Å². The third-order valence-corrected chi connectivity index (χ3v) is 5.68. The topological polar surface area (TPSA) is 108 Å². The molecule has 31 heavy (non-hydrogen) atoms. The van der Waals surface area contributed by atoms with E-state index in [0.29, 0.717) is 22.3 Å². The number of nitrogens with zero attached hydrogens (tertiary/aromatic N) is 3. The van der Waals surface area contributed by atoms with Gasteiger partial charge in [-0.25, -0.2) is 4.98 Å². The quantitative estimate of drug-likeness (QED) is 0.368. The van der Waals surface area contributed by atoms with E-state index in [4.69, 9.17) is 0 Å². The minimum Gasteiger partial charge on any atom is -0.374 e. The van der Waals surface area contributed by atoms with Gasteiger partial charge in [-0.2, -0.15) is 0 Å². The van der Waals surface area contributed by atoms with Crippen molar-refractivity contribution in [2.75, 3.05) is 0 Å². The number of benzene rings is 1. The lowest BCUT2D eigenvalue weighted by Crippen LogP contribution is -2.29. The van der Waals surface area contributed by atoms with Crippen LogP contribution < -0.4 is 5.56 Å². The second-order valence-corrected chi connectivity index (χ2v) is 8.03. The Labute approximate surface area is 185 Å². The largest absolute Gasteiger partial charge is 0.374 e. The fourth-order valence-corrected chi connectivity index (χ4v) is 4.15. The maximum Gasteiger partial charge on any atom is 0.249 e. The minimum absolute atomic E-state index is 0.209. The highest BCUT2D eigenvalue weighted by Gasteiger charge is 2.36. The van der Waals surface area contributed by atoms with Crippen LogP contribution in [0.25, 0.3) is 22.0 Å². The fourth-order valence-electron chi connectivity index (χ4n) is 3.78. The van der Waals surface area contributed by atoms with E-state index in [2.05, 4.69) is 40.8 Å². The number of aromatic nitrogens is 5. The summed E-state index contributed by atoms with van der Waals surface area (Å²) in [5.41, 5.74) is 2.12. The zero-order valence-corrected chi connectivity index (χ0v) is 17.7. The van der Waals surface area contributed by atoms with E-state index >= 15 is 0 Å². The standard InChI is InChI=1S/C23H16BrN5O2/c24-17-6-16(10-26-11-17)23(31,21-12-27-13-28-21)15-3-4-20-19(7-15)18(8-22(30)29-20)14-2-1-5-25-9-14/h1-13,31H,(H,27,28)(H,29,30). The van der Waals surface area contributed by atoms with E-state index in [1.54, 1.807) is 49.2 Å². The van der Waals surface area contributed by atoms with Crippen molar-refractivity contribution in [2.45, 2.75) is 5.60 Å². The zero-order chi connectivity index (χ0) is 21.4. The van der Waals surface area contributed by atoms with Gasteiger partial charge in [-0.05, 0) is 51.3 Å². The van der Waals surface area contributed by atoms with Gasteiger partial charge in [0.15, 0.2) is 5.60 Å². The van der Waals surface area contributed by atoms with Crippen LogP contribution in [0.15, 0.2) is 89.0 Å². The van der Waals surface area contributed by atoms with Crippen LogP contribution in [0.2, 0.25) is 0 Å². The molecular formula is C23H16BrN5O2. The summed E-state index contributed by atoms with van der Waals surface area (Å²) in [6.07, 6.45) is 9.76. The molecule has 0 radical (unpaired) electrons. The maximum atomic E-state index is 12.3. The molecule has 7 nitrogen and oxygen atoms in total. The van der Waals surface area contributed by atoms with E-state index in [1.807, 2.05) is 24.3 Å². The number of rotatable bonds is 4. The Morgan fingerprint density at radius 3 is 2.58 bits per heavy atom. The lowest BCUT2D eigenvalue weighted by atomic mass is 9.83. The van der Waals surface area contributed by atoms with E-state index in [0.717, 1.165) is 21.0 Å². The molecular weight excluding hydrogens is 458 g/mol. The Kier molecular flexibility index (Phi) is 4.72. The third kappa shape index (κ3) is 3.35. The summed E-state index contributed by atoms with van der Waals surface area (Å²) in [4.78, 5) is 30.6. The van der Waals surface area contributed by atoms with Gasteiger partial charge in [-0.1, -0.05) is 12.1 Å². The van der Waals surface area contributed by atoms with Crippen LogP contribution in [0, 0.1) is 0 Å². The van der Waals surface area contributed by atoms with Crippen molar-refractivity contribution in [3.8, 4) is 11.1 Å². The third-order valence-electron chi connectivity index (χ3n) is 5.24. The molecule has 3 N–H and O–H groups in total. The molecule has 8 heteroatoms. The highest BCUT2D eigenvalue weighted by molar-refractivity contribution is 9.10. The fraction of sp³-hybridized carbons (Fsp3) is 0.0435. The van der Waals surface area contributed by atoms with Crippen molar-refractivity contribution >= 4 is 26.8 Å². The summed E-state index contributed by atoms with van der Waals surface area (Å²) in [5, 5.41) is 12.8. The Morgan fingerprint density at radius 2 is 1.84 bits per heavy atom. The van der Waals surface area contributed by atoms with Crippen LogP contribution in [0.3, 0.4) is 0 Å². The minimum atomic E-state index is -1.54. The first-order chi connectivity index (χ1) is 15.1. The van der Waals surface area contributed by atoms with Crippen molar-refractivity contribution in [1.29, 1.82) is 0 Å². The Balaban J connectivity index is 1.80. The summed E-state index contributed by atoms with van der Waals surface area (Å²) >= 11 is 3.43. The number of aliphatic hydroxyl groups is 1. The molecule has 1 atom stereocenters. The number of hydrogen-bond donors (Lipinski definition) is 3. The molecule has 0 amide bonds. The smallest absolute Gasteiger partial charge is 0.249 e. The Hall–Kier alpha value is -3.62. The second kappa shape index (κ2) is 7.57. The average molecular weight is 474 g/mol. The summed E-state index contributed by atoms with van der Waals surface area (Å²) in [6.45, 7) is 0. The number of H-pyrrole nitrogens is 2. The SMILES string of the molecule is O=c1cc(-c2cccnc2)c2cc(C(O)(c3cncc(Br)c3)c3cnc[nH]3)ccc2[nH]1. The van der Waals surface area contributed by atoms with Gasteiger partial charge < -0.3 is 15.1 Å². The summed E-state index contributed by atoms with van der Waals surface area (Å²) in [7, 11) is 0. The normalized spacial score (nSPS) is 13.2. The molecule has 0 aliphatic carbocycles. The number of fused-ring (bicyclic) bond motifs is 1. The van der Waals surface area contributed by atoms with Crippen molar-refractivity contribution in [2.24, 2.45) is 0 Å². The number of imidazole rings is 1. The predicted octanol–water partition coefficient (Wildman–Crippen LogP) is 3.75. The number of aromatic amines is 2. The molecule has 4 heterocycles. The molecule has 0 fully saturated rings. The molecule has 1 aromatic carbocycles. The first kappa shape index (κ1) is 19.3. The van der Waals surface area contributed by atoms with Crippen LogP contribution in [0.4, 0.5) is 0 Å². The molecule has 0 aliphatic rings. The first-order valence-corrected chi connectivity index (χ1v) is 10.3. The van der Waals surface area contributed by atoms with Crippen molar-refractivity contribution in [1.82, 2.24) is 24.9 Å². The van der Waals surface area contributed by atoms with Crippen LogP contribution in [-0.2, 0) is 5.60 Å². The van der Waals surface area contributed by atoms with Gasteiger partial charge in [0.05, 0.1) is 18.2 Å². The highest BCUT2D eigenvalue weighted by atomic mass is 79.9. The molecule has 0 saturated carbocycles. The molecule has 5 aromatic rings. The molecule has 152 valence electrons. The van der Waals surface area contributed by atoms with Gasteiger partial charge in [0, 0.05) is 57.4 Å². The van der Waals surface area contributed by atoms with Crippen LogP contribution >= 0.6 is 15.9 Å². The van der Waals surface area contributed by atoms with Crippen molar-refractivity contribution in [3.63, 3.8) is 0 Å². The Bertz CT molecular complexity index is 1430. The van der Waals surface area contributed by atoms with E-state index < -0.39 is 5.60 Å². The van der Waals surface area contributed by atoms with E-state index in [9.17, 15) is 9.90 Å². The monoisotopic (exact) mass is 473 g/mol. The number of halogens is 1. The Morgan fingerprint density at radius 1 is 0.935 bits per heavy atom. The number of pyridine rings is 3. The highest BCUT2D eigenvalue weighted by Crippen LogP contribution is 2.38. The summed E-state index contributed by atoms with van der Waals surface area (Å²) in [5.74, 6) is 0.